The Bertz CT molecular complexity index is 638. The van der Waals surface area contributed by atoms with E-state index in [1.807, 2.05) is 13.1 Å². The monoisotopic (exact) mass is 290 g/mol. The molecule has 0 spiro atoms. The van der Waals surface area contributed by atoms with Gasteiger partial charge in [0.25, 0.3) is 0 Å². The molecule has 1 atom stereocenters. The Morgan fingerprint density at radius 3 is 2.81 bits per heavy atom. The molecule has 1 heterocycles. The summed E-state index contributed by atoms with van der Waals surface area (Å²) < 4.78 is 15.2. The van der Waals surface area contributed by atoms with Crippen LogP contribution in [0.25, 0.3) is 0 Å². The normalized spacial score (nSPS) is 12.0. The Balaban J connectivity index is 1.97. The second-order valence-corrected chi connectivity index (χ2v) is 4.90. The first kappa shape index (κ1) is 15.0. The van der Waals surface area contributed by atoms with Gasteiger partial charge in [0.05, 0.1) is 11.9 Å². The zero-order valence-corrected chi connectivity index (χ0v) is 12.4. The summed E-state index contributed by atoms with van der Waals surface area (Å²) in [7, 11) is 0. The van der Waals surface area contributed by atoms with Crippen LogP contribution in [0, 0.1) is 12.7 Å². The molecule has 0 bridgehead atoms. The topological polar surface area (TPSA) is 59.0 Å². The summed E-state index contributed by atoms with van der Waals surface area (Å²) in [5.41, 5.74) is 1.77. The van der Waals surface area contributed by atoms with Gasteiger partial charge in [-0.1, -0.05) is 6.07 Å². The van der Waals surface area contributed by atoms with Crippen LogP contribution in [0.1, 0.15) is 19.4 Å². The highest BCUT2D eigenvalue weighted by Crippen LogP contribution is 2.14. The minimum Gasteiger partial charge on any atom is -0.371 e. The lowest BCUT2D eigenvalue weighted by Crippen LogP contribution is -2.31. The van der Waals surface area contributed by atoms with E-state index in [0.717, 1.165) is 12.2 Å². The Labute approximate surface area is 123 Å². The molecule has 5 nitrogen and oxygen atoms in total. The number of anilines is 2. The minimum absolute atomic E-state index is 0.234. The van der Waals surface area contributed by atoms with Crippen LogP contribution in [0.3, 0.4) is 0 Å². The van der Waals surface area contributed by atoms with Crippen molar-refractivity contribution in [2.24, 2.45) is 0 Å². The number of nitrogens with zero attached hydrogens (tertiary/aromatic N) is 2. The first-order valence-electron chi connectivity index (χ1n) is 6.85. The van der Waals surface area contributed by atoms with Gasteiger partial charge in [-0.25, -0.2) is 4.39 Å². The van der Waals surface area contributed by atoms with Gasteiger partial charge in [0.15, 0.2) is 0 Å². The van der Waals surface area contributed by atoms with Gasteiger partial charge in [0.1, 0.15) is 11.9 Å². The van der Waals surface area contributed by atoms with Crippen LogP contribution in [-0.2, 0) is 11.3 Å². The first-order chi connectivity index (χ1) is 9.99. The maximum Gasteiger partial charge on any atom is 0.246 e. The van der Waals surface area contributed by atoms with Crippen molar-refractivity contribution in [3.63, 3.8) is 0 Å². The molecular weight excluding hydrogens is 271 g/mol. The standard InChI is InChI=1S/C15H19FN4O/c1-4-20-9-13(8-17-20)18-11(3)15(21)19-12-6-5-10(2)14(16)7-12/h5-9,11,18H,4H2,1-3H3,(H,19,21). The molecule has 0 radical (unpaired) electrons. The van der Waals surface area contributed by atoms with Gasteiger partial charge in [0, 0.05) is 18.4 Å². The van der Waals surface area contributed by atoms with Crippen LogP contribution in [0.15, 0.2) is 30.6 Å². The number of aromatic nitrogens is 2. The van der Waals surface area contributed by atoms with Gasteiger partial charge in [0.2, 0.25) is 5.91 Å². The number of hydrogen-bond acceptors (Lipinski definition) is 3. The van der Waals surface area contributed by atoms with E-state index >= 15 is 0 Å². The van der Waals surface area contributed by atoms with E-state index in [4.69, 9.17) is 0 Å². The van der Waals surface area contributed by atoms with Crippen LogP contribution in [0.5, 0.6) is 0 Å². The maximum absolute atomic E-state index is 13.4. The van der Waals surface area contributed by atoms with Crippen LogP contribution in [-0.4, -0.2) is 21.7 Å². The Hall–Kier alpha value is -2.37. The van der Waals surface area contributed by atoms with Gasteiger partial charge in [-0.2, -0.15) is 5.10 Å². The fourth-order valence-electron chi connectivity index (χ4n) is 1.85. The predicted molar refractivity (Wildman–Crippen MR) is 80.8 cm³/mol. The molecule has 0 fully saturated rings. The lowest BCUT2D eigenvalue weighted by molar-refractivity contribution is -0.116. The highest BCUT2D eigenvalue weighted by molar-refractivity contribution is 5.96. The third-order valence-electron chi connectivity index (χ3n) is 3.17. The fourth-order valence-corrected chi connectivity index (χ4v) is 1.85. The summed E-state index contributed by atoms with van der Waals surface area (Å²) in [6.45, 7) is 6.17. The molecule has 2 N–H and O–H groups in total. The Morgan fingerprint density at radius 2 is 2.19 bits per heavy atom. The van der Waals surface area contributed by atoms with Gasteiger partial charge >= 0.3 is 0 Å². The minimum atomic E-state index is -0.455. The molecule has 21 heavy (non-hydrogen) atoms. The van der Waals surface area contributed by atoms with E-state index < -0.39 is 6.04 Å². The first-order valence-corrected chi connectivity index (χ1v) is 6.85. The van der Waals surface area contributed by atoms with Crippen molar-refractivity contribution in [2.75, 3.05) is 10.6 Å². The smallest absolute Gasteiger partial charge is 0.246 e. The van der Waals surface area contributed by atoms with Crippen molar-refractivity contribution in [1.82, 2.24) is 9.78 Å². The van der Waals surface area contributed by atoms with Crippen LogP contribution < -0.4 is 10.6 Å². The molecule has 1 unspecified atom stereocenters. The SMILES string of the molecule is CCn1cc(NC(C)C(=O)Nc2ccc(C)c(F)c2)cn1. The quantitative estimate of drug-likeness (QED) is 0.890. The molecular formula is C15H19FN4O. The van der Waals surface area contributed by atoms with Gasteiger partial charge in [-0.05, 0) is 38.5 Å². The number of benzene rings is 1. The molecule has 0 saturated heterocycles. The number of carbonyl (C=O) groups is 1. The molecule has 2 aromatic rings. The maximum atomic E-state index is 13.4. The number of nitrogens with one attached hydrogen (secondary N) is 2. The number of aryl methyl sites for hydroxylation is 2. The summed E-state index contributed by atoms with van der Waals surface area (Å²) in [6, 6.07) is 4.17. The van der Waals surface area contributed by atoms with Crippen LogP contribution in [0.2, 0.25) is 0 Å². The molecule has 2 rings (SSSR count). The van der Waals surface area contributed by atoms with E-state index in [9.17, 15) is 9.18 Å². The van der Waals surface area contributed by atoms with E-state index in [0.29, 0.717) is 11.3 Å². The summed E-state index contributed by atoms with van der Waals surface area (Å²) in [6.07, 6.45) is 3.49. The summed E-state index contributed by atoms with van der Waals surface area (Å²) in [4.78, 5) is 12.1. The summed E-state index contributed by atoms with van der Waals surface area (Å²) in [5, 5.41) is 9.86. The van der Waals surface area contributed by atoms with Crippen molar-refractivity contribution in [2.45, 2.75) is 33.4 Å². The van der Waals surface area contributed by atoms with Crippen molar-refractivity contribution in [3.8, 4) is 0 Å². The molecule has 1 aromatic carbocycles. The number of halogens is 1. The van der Waals surface area contributed by atoms with E-state index in [1.165, 1.54) is 6.07 Å². The van der Waals surface area contributed by atoms with Gasteiger partial charge < -0.3 is 10.6 Å². The predicted octanol–water partition coefficient (Wildman–Crippen LogP) is 2.79. The van der Waals surface area contributed by atoms with E-state index in [2.05, 4.69) is 15.7 Å². The third kappa shape index (κ3) is 3.81. The third-order valence-corrected chi connectivity index (χ3v) is 3.17. The second kappa shape index (κ2) is 6.39. The van der Waals surface area contributed by atoms with E-state index in [-0.39, 0.29) is 11.7 Å². The molecule has 1 amide bonds. The summed E-state index contributed by atoms with van der Waals surface area (Å²) in [5.74, 6) is -0.569. The lowest BCUT2D eigenvalue weighted by Gasteiger charge is -2.14. The average molecular weight is 290 g/mol. The van der Waals surface area contributed by atoms with E-state index in [1.54, 1.807) is 36.9 Å². The molecule has 6 heteroatoms. The van der Waals surface area contributed by atoms with Crippen molar-refractivity contribution in [3.05, 3.63) is 42.0 Å². The largest absolute Gasteiger partial charge is 0.371 e. The summed E-state index contributed by atoms with van der Waals surface area (Å²) >= 11 is 0. The molecule has 0 aliphatic carbocycles. The number of rotatable bonds is 5. The number of hydrogen-bond donors (Lipinski definition) is 2. The number of carbonyl (C=O) groups excluding carboxylic acids is 1. The molecule has 112 valence electrons. The van der Waals surface area contributed by atoms with Crippen molar-refractivity contribution in [1.29, 1.82) is 0 Å². The Morgan fingerprint density at radius 1 is 1.43 bits per heavy atom. The highest BCUT2D eigenvalue weighted by Gasteiger charge is 2.14. The zero-order valence-electron chi connectivity index (χ0n) is 12.4. The average Bonchev–Trinajstić information content (AvgIpc) is 2.90. The van der Waals surface area contributed by atoms with Gasteiger partial charge in [-0.15, -0.1) is 0 Å². The second-order valence-electron chi connectivity index (χ2n) is 4.90. The molecule has 0 saturated carbocycles. The number of amides is 1. The molecule has 0 aliphatic rings. The lowest BCUT2D eigenvalue weighted by atomic mass is 10.2. The molecule has 0 aliphatic heterocycles. The highest BCUT2D eigenvalue weighted by atomic mass is 19.1. The molecule has 1 aromatic heterocycles. The Kier molecular flexibility index (Phi) is 4.57. The van der Waals surface area contributed by atoms with Crippen molar-refractivity contribution >= 4 is 17.3 Å². The van der Waals surface area contributed by atoms with Crippen LogP contribution >= 0.6 is 0 Å². The fraction of sp³-hybridized carbons (Fsp3) is 0.333. The zero-order chi connectivity index (χ0) is 15.4. The van der Waals surface area contributed by atoms with Gasteiger partial charge in [-0.3, -0.25) is 9.48 Å². The van der Waals surface area contributed by atoms with Crippen LogP contribution in [0.4, 0.5) is 15.8 Å². The van der Waals surface area contributed by atoms with Crippen molar-refractivity contribution < 1.29 is 9.18 Å².